The lowest BCUT2D eigenvalue weighted by atomic mass is 10.00. The second kappa shape index (κ2) is 73.8. The Balaban J connectivity index is 5.21. The Morgan fingerprint density at radius 3 is 0.683 bits per heavy atom. The van der Waals surface area contributed by atoms with E-state index in [1.165, 1.54) is 238 Å². The molecule has 0 spiro atoms. The number of ether oxygens (including phenoxy) is 4. The number of carbonyl (C=O) groups is 4. The standard InChI is InChI=1S/C85H166O17P2/c1-9-78(8)64-56-48-43-44-50-58-66-83(88)96-72-81(102-85(90)67-59-51-41-35-29-22-18-14-16-20-26-32-38-46-54-62-76(4)5)74-100-104(93,94)98-70-79(86)69-97-103(91,92)99-73-80(101-84(89)68-60-52-42-36-30-24-23-27-33-39-47-55-63-77(6)7)71-95-82(87)65-57-49-40-34-28-21-17-13-11-10-12-15-19-25-31-37-45-53-61-75(2)3/h75-81,86H,9-74H2,1-8H3,(H,91,92)(H,93,94)/t78?,79-,80-,81-/m1/s1. The van der Waals surface area contributed by atoms with Crippen molar-refractivity contribution >= 4 is 39.5 Å². The number of aliphatic hydroxyl groups excluding tert-OH is 1. The summed E-state index contributed by atoms with van der Waals surface area (Å²) in [5.41, 5.74) is 0. The molecule has 0 aliphatic heterocycles. The minimum Gasteiger partial charge on any atom is -0.462 e. The molecule has 0 bridgehead atoms. The third-order valence-corrected chi connectivity index (χ3v) is 22.1. The molecular weight excluding hydrogens is 1350 g/mol. The van der Waals surface area contributed by atoms with Crippen molar-refractivity contribution in [2.24, 2.45) is 23.7 Å². The van der Waals surface area contributed by atoms with Crippen molar-refractivity contribution in [1.29, 1.82) is 0 Å². The van der Waals surface area contributed by atoms with Gasteiger partial charge in [-0.25, -0.2) is 9.13 Å². The van der Waals surface area contributed by atoms with E-state index in [1.807, 2.05) is 0 Å². The predicted octanol–water partition coefficient (Wildman–Crippen LogP) is 25.6. The third kappa shape index (κ3) is 76.8. The van der Waals surface area contributed by atoms with Gasteiger partial charge >= 0.3 is 39.5 Å². The van der Waals surface area contributed by atoms with Crippen molar-refractivity contribution in [2.75, 3.05) is 39.6 Å². The Bertz CT molecular complexity index is 2030. The van der Waals surface area contributed by atoms with Gasteiger partial charge in [-0.15, -0.1) is 0 Å². The second-order valence-electron chi connectivity index (χ2n) is 32.2. The van der Waals surface area contributed by atoms with E-state index >= 15 is 0 Å². The second-order valence-corrected chi connectivity index (χ2v) is 35.2. The van der Waals surface area contributed by atoms with Crippen LogP contribution in [0, 0.1) is 23.7 Å². The molecule has 0 radical (unpaired) electrons. The van der Waals surface area contributed by atoms with Crippen LogP contribution in [0.4, 0.5) is 0 Å². The van der Waals surface area contributed by atoms with Crippen molar-refractivity contribution in [3.63, 3.8) is 0 Å². The lowest BCUT2D eigenvalue weighted by Crippen LogP contribution is -2.30. The minimum absolute atomic E-state index is 0.107. The van der Waals surface area contributed by atoms with Crippen molar-refractivity contribution < 1.29 is 80.2 Å². The van der Waals surface area contributed by atoms with E-state index in [1.54, 1.807) is 0 Å². The van der Waals surface area contributed by atoms with Crippen LogP contribution in [0.1, 0.15) is 441 Å². The van der Waals surface area contributed by atoms with Gasteiger partial charge in [-0.2, -0.15) is 0 Å². The molecule has 0 amide bonds. The highest BCUT2D eigenvalue weighted by Gasteiger charge is 2.30. The Morgan fingerprint density at radius 1 is 0.269 bits per heavy atom. The minimum atomic E-state index is -4.97. The number of unbranched alkanes of at least 4 members (excludes halogenated alkanes) is 47. The van der Waals surface area contributed by atoms with Crippen LogP contribution in [-0.2, 0) is 65.4 Å². The molecule has 0 heterocycles. The largest absolute Gasteiger partial charge is 0.472 e. The average Bonchev–Trinajstić information content (AvgIpc) is 0.905. The molecule has 3 unspecified atom stereocenters. The summed E-state index contributed by atoms with van der Waals surface area (Å²) in [6.07, 6.45) is 62.5. The first-order chi connectivity index (χ1) is 50.1. The predicted molar refractivity (Wildman–Crippen MR) is 428 cm³/mol. The zero-order chi connectivity index (χ0) is 76.7. The van der Waals surface area contributed by atoms with Gasteiger partial charge in [-0.05, 0) is 49.4 Å². The maximum atomic E-state index is 13.1. The van der Waals surface area contributed by atoms with Gasteiger partial charge in [0.2, 0.25) is 0 Å². The number of aliphatic hydroxyl groups is 1. The van der Waals surface area contributed by atoms with E-state index in [9.17, 15) is 43.2 Å². The molecule has 0 aromatic heterocycles. The SMILES string of the molecule is CCC(C)CCCCCCCCC(=O)OC[C@H](COP(=O)(O)OC[C@H](O)COP(=O)(O)OC[C@@H](COC(=O)CCCCCCCCCCCCCCCCCCCCC(C)C)OC(=O)CCCCCCCCCCCCCCC(C)C)OC(=O)CCCCCCCCCCCCCCCCCC(C)C. The molecule has 0 saturated heterocycles. The normalized spacial score (nSPS) is 14.2. The maximum Gasteiger partial charge on any atom is 0.472 e. The van der Waals surface area contributed by atoms with Crippen LogP contribution in [0.25, 0.3) is 0 Å². The summed E-state index contributed by atoms with van der Waals surface area (Å²) in [4.78, 5) is 73.2. The number of hydrogen-bond acceptors (Lipinski definition) is 15. The molecule has 618 valence electrons. The fraction of sp³-hybridized carbons (Fsp3) is 0.953. The van der Waals surface area contributed by atoms with Crippen LogP contribution >= 0.6 is 15.6 Å². The molecule has 104 heavy (non-hydrogen) atoms. The highest BCUT2D eigenvalue weighted by atomic mass is 31.2. The molecule has 0 aliphatic rings. The van der Waals surface area contributed by atoms with Crippen molar-refractivity contribution in [2.45, 2.75) is 459 Å². The van der Waals surface area contributed by atoms with Gasteiger partial charge in [0, 0.05) is 25.7 Å². The van der Waals surface area contributed by atoms with E-state index in [4.69, 9.17) is 37.0 Å². The molecule has 0 saturated carbocycles. The third-order valence-electron chi connectivity index (χ3n) is 20.2. The van der Waals surface area contributed by atoms with Gasteiger partial charge in [-0.3, -0.25) is 37.3 Å². The molecule has 0 aromatic carbocycles. The monoisotopic (exact) mass is 1520 g/mol. The Hall–Kier alpha value is -1.94. The summed E-state index contributed by atoms with van der Waals surface area (Å²) in [7, 11) is -9.93. The number of esters is 4. The quantitative estimate of drug-likeness (QED) is 0.0222. The van der Waals surface area contributed by atoms with Crippen LogP contribution in [0.3, 0.4) is 0 Å². The molecular formula is C85H166O17P2. The Kier molecular flexibility index (Phi) is 72.5. The number of rotatable bonds is 82. The van der Waals surface area contributed by atoms with E-state index in [0.717, 1.165) is 120 Å². The first-order valence-electron chi connectivity index (χ1n) is 43.7. The summed E-state index contributed by atoms with van der Waals surface area (Å²) in [5.74, 6) is 1.02. The molecule has 0 fully saturated rings. The highest BCUT2D eigenvalue weighted by Crippen LogP contribution is 2.45. The lowest BCUT2D eigenvalue weighted by Gasteiger charge is -2.21. The van der Waals surface area contributed by atoms with Crippen LogP contribution in [0.5, 0.6) is 0 Å². The first kappa shape index (κ1) is 102. The topological polar surface area (TPSA) is 237 Å². The van der Waals surface area contributed by atoms with Crippen molar-refractivity contribution in [3.05, 3.63) is 0 Å². The van der Waals surface area contributed by atoms with Gasteiger partial charge in [-0.1, -0.05) is 389 Å². The fourth-order valence-corrected chi connectivity index (χ4v) is 14.7. The molecule has 3 N–H and O–H groups in total. The molecule has 6 atom stereocenters. The summed E-state index contributed by atoms with van der Waals surface area (Å²) in [6.45, 7) is 14.3. The van der Waals surface area contributed by atoms with E-state index in [2.05, 4.69) is 55.4 Å². The van der Waals surface area contributed by atoms with Crippen LogP contribution in [0.15, 0.2) is 0 Å². The van der Waals surface area contributed by atoms with Crippen LogP contribution in [0.2, 0.25) is 0 Å². The number of carbonyl (C=O) groups excluding carboxylic acids is 4. The summed E-state index contributed by atoms with van der Waals surface area (Å²) in [5, 5.41) is 10.7. The van der Waals surface area contributed by atoms with E-state index < -0.39 is 97.5 Å². The van der Waals surface area contributed by atoms with E-state index in [0.29, 0.717) is 25.7 Å². The van der Waals surface area contributed by atoms with Crippen LogP contribution < -0.4 is 0 Å². The van der Waals surface area contributed by atoms with Gasteiger partial charge in [0.25, 0.3) is 0 Å². The molecule has 0 rings (SSSR count). The number of hydrogen-bond donors (Lipinski definition) is 3. The first-order valence-corrected chi connectivity index (χ1v) is 46.7. The van der Waals surface area contributed by atoms with Gasteiger partial charge in [0.1, 0.15) is 19.3 Å². The van der Waals surface area contributed by atoms with Gasteiger partial charge < -0.3 is 33.8 Å². The van der Waals surface area contributed by atoms with Gasteiger partial charge in [0.05, 0.1) is 26.4 Å². The summed E-state index contributed by atoms with van der Waals surface area (Å²) < 4.78 is 68.8. The van der Waals surface area contributed by atoms with Crippen molar-refractivity contribution in [1.82, 2.24) is 0 Å². The Labute approximate surface area is 638 Å². The molecule has 0 aromatic rings. The highest BCUT2D eigenvalue weighted by molar-refractivity contribution is 7.47. The summed E-state index contributed by atoms with van der Waals surface area (Å²) >= 11 is 0. The average molecular weight is 1520 g/mol. The zero-order valence-electron chi connectivity index (χ0n) is 68.7. The molecule has 19 heteroatoms. The zero-order valence-corrected chi connectivity index (χ0v) is 70.5. The number of phosphoric ester groups is 2. The summed E-state index contributed by atoms with van der Waals surface area (Å²) in [6, 6.07) is 0. The Morgan fingerprint density at radius 2 is 0.462 bits per heavy atom. The van der Waals surface area contributed by atoms with E-state index in [-0.39, 0.29) is 25.7 Å². The maximum absolute atomic E-state index is 13.1. The fourth-order valence-electron chi connectivity index (χ4n) is 13.1. The smallest absolute Gasteiger partial charge is 0.462 e. The molecule has 17 nitrogen and oxygen atoms in total. The number of phosphoric acid groups is 2. The van der Waals surface area contributed by atoms with Crippen molar-refractivity contribution in [3.8, 4) is 0 Å². The molecule has 0 aliphatic carbocycles. The van der Waals surface area contributed by atoms with Crippen LogP contribution in [-0.4, -0.2) is 96.7 Å². The lowest BCUT2D eigenvalue weighted by molar-refractivity contribution is -0.161. The van der Waals surface area contributed by atoms with Gasteiger partial charge in [0.15, 0.2) is 12.2 Å².